The molecule has 146 valence electrons. The van der Waals surface area contributed by atoms with Crippen molar-refractivity contribution in [3.63, 3.8) is 0 Å². The number of fused-ring (bicyclic) bond motifs is 1. The first-order valence-electron chi connectivity index (χ1n) is 9.00. The minimum atomic E-state index is -0.938. The zero-order valence-corrected chi connectivity index (χ0v) is 15.8. The molecule has 0 fully saturated rings. The lowest BCUT2D eigenvalue weighted by Gasteiger charge is -2.21. The number of hydrogen-bond donors (Lipinski definition) is 1. The summed E-state index contributed by atoms with van der Waals surface area (Å²) in [5.41, 5.74) is 2.31. The average Bonchev–Trinajstić information content (AvgIpc) is 3.15. The number of ether oxygens (including phenoxy) is 2. The molecule has 0 radical (unpaired) electrons. The molecular weight excluding hydrogens is 360 g/mol. The molecule has 3 rings (SSSR count). The number of anilines is 1. The molecule has 28 heavy (non-hydrogen) atoms. The summed E-state index contributed by atoms with van der Waals surface area (Å²) in [6.07, 6.45) is -0.161. The number of amides is 2. The largest absolute Gasteiger partial charge is 0.497 e. The van der Waals surface area contributed by atoms with Crippen molar-refractivity contribution >= 4 is 23.5 Å². The third-order valence-corrected chi connectivity index (χ3v) is 4.53. The fourth-order valence-electron chi connectivity index (χ4n) is 3.09. The van der Waals surface area contributed by atoms with Gasteiger partial charge in [-0.15, -0.1) is 0 Å². The highest BCUT2D eigenvalue weighted by Gasteiger charge is 2.29. The Morgan fingerprint density at radius 2 is 1.93 bits per heavy atom. The number of hydrogen-bond acceptors (Lipinski definition) is 5. The molecule has 1 atom stereocenters. The van der Waals surface area contributed by atoms with Gasteiger partial charge in [-0.25, -0.2) is 0 Å². The molecule has 0 bridgehead atoms. The van der Waals surface area contributed by atoms with E-state index < -0.39 is 18.0 Å². The lowest BCUT2D eigenvalue weighted by Crippen LogP contribution is -2.41. The summed E-state index contributed by atoms with van der Waals surface area (Å²) in [7, 11) is 1.51. The molecular formula is C21H22N2O5. The molecule has 0 saturated carbocycles. The predicted molar refractivity (Wildman–Crippen MR) is 103 cm³/mol. The molecule has 1 N–H and O–H groups in total. The fourth-order valence-corrected chi connectivity index (χ4v) is 3.09. The van der Waals surface area contributed by atoms with Crippen molar-refractivity contribution in [2.24, 2.45) is 0 Å². The van der Waals surface area contributed by atoms with Crippen LogP contribution in [0.1, 0.15) is 22.8 Å². The summed E-state index contributed by atoms with van der Waals surface area (Å²) in [4.78, 5) is 38.4. The average molecular weight is 382 g/mol. The van der Waals surface area contributed by atoms with Crippen LogP contribution in [0.15, 0.2) is 48.5 Å². The van der Waals surface area contributed by atoms with Gasteiger partial charge in [0.2, 0.25) is 0 Å². The van der Waals surface area contributed by atoms with Gasteiger partial charge in [0.15, 0.2) is 6.10 Å². The SMILES string of the molecule is COc1cccc(C(=O)NCC(=O)OC(C)C(=O)N2CCc3ccccc32)c1. The zero-order chi connectivity index (χ0) is 20.1. The van der Waals surface area contributed by atoms with Crippen LogP contribution in [0, 0.1) is 0 Å². The van der Waals surface area contributed by atoms with E-state index in [0.29, 0.717) is 17.9 Å². The van der Waals surface area contributed by atoms with Crippen molar-refractivity contribution in [1.82, 2.24) is 5.32 Å². The quantitative estimate of drug-likeness (QED) is 0.772. The van der Waals surface area contributed by atoms with Crippen LogP contribution in [-0.2, 0) is 20.7 Å². The molecule has 7 nitrogen and oxygen atoms in total. The molecule has 0 aliphatic carbocycles. The highest BCUT2D eigenvalue weighted by Crippen LogP contribution is 2.28. The summed E-state index contributed by atoms with van der Waals surface area (Å²) >= 11 is 0. The van der Waals surface area contributed by atoms with Crippen molar-refractivity contribution in [3.8, 4) is 5.75 Å². The lowest BCUT2D eigenvalue weighted by molar-refractivity contribution is -0.152. The summed E-state index contributed by atoms with van der Waals surface area (Å²) in [5, 5.41) is 2.49. The maximum Gasteiger partial charge on any atom is 0.326 e. The van der Waals surface area contributed by atoms with E-state index in [1.54, 1.807) is 29.2 Å². The Bertz CT molecular complexity index is 896. The monoisotopic (exact) mass is 382 g/mol. The summed E-state index contributed by atoms with van der Waals surface area (Å²) in [6.45, 7) is 1.77. The number of carbonyl (C=O) groups is 3. The van der Waals surface area contributed by atoms with Gasteiger partial charge >= 0.3 is 5.97 Å². The number of carbonyl (C=O) groups excluding carboxylic acids is 3. The second kappa shape index (κ2) is 8.56. The second-order valence-corrected chi connectivity index (χ2v) is 6.42. The normalized spacial score (nSPS) is 13.4. The Labute approximate surface area is 163 Å². The highest BCUT2D eigenvalue weighted by atomic mass is 16.5. The van der Waals surface area contributed by atoms with Gasteiger partial charge in [0.1, 0.15) is 12.3 Å². The van der Waals surface area contributed by atoms with E-state index in [4.69, 9.17) is 9.47 Å². The third-order valence-electron chi connectivity index (χ3n) is 4.53. The Morgan fingerprint density at radius 1 is 1.14 bits per heavy atom. The van der Waals surface area contributed by atoms with E-state index in [9.17, 15) is 14.4 Å². The van der Waals surface area contributed by atoms with E-state index in [0.717, 1.165) is 17.7 Å². The van der Waals surface area contributed by atoms with E-state index in [1.807, 2.05) is 24.3 Å². The molecule has 0 spiro atoms. The summed E-state index contributed by atoms with van der Waals surface area (Å²) < 4.78 is 10.3. The summed E-state index contributed by atoms with van der Waals surface area (Å²) in [6, 6.07) is 14.2. The maximum absolute atomic E-state index is 12.6. The molecule has 1 aliphatic rings. The van der Waals surface area contributed by atoms with Gasteiger partial charge in [0.05, 0.1) is 7.11 Å². The van der Waals surface area contributed by atoms with Gasteiger partial charge in [0.25, 0.3) is 11.8 Å². The number of nitrogens with one attached hydrogen (secondary N) is 1. The number of nitrogens with zero attached hydrogens (tertiary/aromatic N) is 1. The number of esters is 1. The second-order valence-electron chi connectivity index (χ2n) is 6.42. The topological polar surface area (TPSA) is 84.9 Å². The van der Waals surface area contributed by atoms with Gasteiger partial charge in [-0.2, -0.15) is 0 Å². The van der Waals surface area contributed by atoms with Gasteiger partial charge in [0, 0.05) is 17.8 Å². The van der Waals surface area contributed by atoms with E-state index >= 15 is 0 Å². The van der Waals surface area contributed by atoms with Crippen LogP contribution in [0.5, 0.6) is 5.75 Å². The van der Waals surface area contributed by atoms with Crippen LogP contribution in [0.2, 0.25) is 0 Å². The molecule has 7 heteroatoms. The molecule has 0 aromatic heterocycles. The van der Waals surface area contributed by atoms with Gasteiger partial charge in [-0.3, -0.25) is 14.4 Å². The summed E-state index contributed by atoms with van der Waals surface area (Å²) in [5.74, 6) is -0.842. The van der Waals surface area contributed by atoms with Crippen molar-refractivity contribution < 1.29 is 23.9 Å². The van der Waals surface area contributed by atoms with Crippen LogP contribution in [0.3, 0.4) is 0 Å². The van der Waals surface area contributed by atoms with Crippen LogP contribution < -0.4 is 15.0 Å². The lowest BCUT2D eigenvalue weighted by atomic mass is 10.2. The third kappa shape index (κ3) is 4.31. The molecule has 0 saturated heterocycles. The van der Waals surface area contributed by atoms with Crippen LogP contribution in [0.4, 0.5) is 5.69 Å². The van der Waals surface area contributed by atoms with Crippen molar-refractivity contribution in [3.05, 3.63) is 59.7 Å². The van der Waals surface area contributed by atoms with Crippen LogP contribution >= 0.6 is 0 Å². The first kappa shape index (κ1) is 19.4. The van der Waals surface area contributed by atoms with Crippen LogP contribution in [-0.4, -0.2) is 44.1 Å². The highest BCUT2D eigenvalue weighted by molar-refractivity contribution is 5.99. The number of rotatable bonds is 6. The zero-order valence-electron chi connectivity index (χ0n) is 15.8. The molecule has 1 unspecified atom stereocenters. The minimum absolute atomic E-state index is 0.280. The standard InChI is InChI=1S/C21H22N2O5/c1-14(21(26)23-11-10-15-6-3-4-9-18(15)23)28-19(24)13-22-20(25)16-7-5-8-17(12-16)27-2/h3-9,12,14H,10-11,13H2,1-2H3,(H,22,25). The predicted octanol–water partition coefficient (Wildman–Crippen LogP) is 1.95. The molecule has 1 heterocycles. The molecule has 1 aliphatic heterocycles. The van der Waals surface area contributed by atoms with Crippen molar-refractivity contribution in [1.29, 1.82) is 0 Å². The van der Waals surface area contributed by atoms with E-state index in [1.165, 1.54) is 14.0 Å². The Kier molecular flexibility index (Phi) is 5.93. The van der Waals surface area contributed by atoms with Gasteiger partial charge in [-0.1, -0.05) is 24.3 Å². The Balaban J connectivity index is 1.52. The molecule has 2 aromatic rings. The van der Waals surface area contributed by atoms with Crippen molar-refractivity contribution in [2.75, 3.05) is 25.1 Å². The minimum Gasteiger partial charge on any atom is -0.497 e. The van der Waals surface area contributed by atoms with E-state index in [2.05, 4.69) is 5.32 Å². The fraction of sp³-hybridized carbons (Fsp3) is 0.286. The van der Waals surface area contributed by atoms with Crippen molar-refractivity contribution in [2.45, 2.75) is 19.4 Å². The smallest absolute Gasteiger partial charge is 0.326 e. The Morgan fingerprint density at radius 3 is 2.71 bits per heavy atom. The first-order chi connectivity index (χ1) is 13.5. The number of benzene rings is 2. The maximum atomic E-state index is 12.6. The van der Waals surface area contributed by atoms with E-state index in [-0.39, 0.29) is 12.5 Å². The van der Waals surface area contributed by atoms with Gasteiger partial charge < -0.3 is 19.7 Å². The Hall–Kier alpha value is -3.35. The number of methoxy groups -OCH3 is 1. The molecule has 2 amide bonds. The number of para-hydroxylation sites is 1. The first-order valence-corrected chi connectivity index (χ1v) is 9.00. The molecule has 2 aromatic carbocycles. The van der Waals surface area contributed by atoms with Gasteiger partial charge in [-0.05, 0) is 43.2 Å². The van der Waals surface area contributed by atoms with Crippen LogP contribution in [0.25, 0.3) is 0 Å².